The Morgan fingerprint density at radius 3 is 2.79 bits per heavy atom. The number of hydrogen-bond donors (Lipinski definition) is 2. The average Bonchev–Trinajstić information content (AvgIpc) is 3.36. The lowest BCUT2D eigenvalue weighted by Crippen LogP contribution is -2.52. The topological polar surface area (TPSA) is 75.2 Å². The van der Waals surface area contributed by atoms with Gasteiger partial charge in [-0.1, -0.05) is 32.8 Å². The molecule has 0 aliphatic carbocycles. The number of nitrogens with one attached hydrogen (secondary N) is 2. The first kappa shape index (κ1) is 21.2. The summed E-state index contributed by atoms with van der Waals surface area (Å²) in [6.07, 6.45) is 2.20. The second-order valence-corrected chi connectivity index (χ2v) is 8.35. The number of rotatable bonds is 9. The molecule has 3 heterocycles. The summed E-state index contributed by atoms with van der Waals surface area (Å²) in [6.45, 7) is 8.63. The normalized spacial score (nSPS) is 16.4. The second kappa shape index (κ2) is 10.3. The Morgan fingerprint density at radius 2 is 2.14 bits per heavy atom. The van der Waals surface area contributed by atoms with E-state index in [0.717, 1.165) is 44.0 Å². The number of carbonyl (C=O) groups excluding carboxylic acids is 1. The van der Waals surface area contributed by atoms with Gasteiger partial charge in [0.25, 0.3) is 0 Å². The minimum absolute atomic E-state index is 0.0421. The van der Waals surface area contributed by atoms with E-state index in [-0.39, 0.29) is 12.5 Å². The van der Waals surface area contributed by atoms with Crippen molar-refractivity contribution in [3.63, 3.8) is 0 Å². The molecule has 0 aromatic carbocycles. The smallest absolute Gasteiger partial charge is 0.240 e. The summed E-state index contributed by atoms with van der Waals surface area (Å²) in [6, 6.07) is 4.27. The van der Waals surface area contributed by atoms with E-state index in [0.29, 0.717) is 29.1 Å². The Bertz CT molecular complexity index is 792. The first-order valence-corrected chi connectivity index (χ1v) is 11.2. The fourth-order valence-corrected chi connectivity index (χ4v) is 4.73. The predicted molar refractivity (Wildman–Crippen MR) is 114 cm³/mol. The number of aromatic nitrogens is 3. The molecule has 2 N–H and O–H groups in total. The van der Waals surface area contributed by atoms with Gasteiger partial charge in [-0.3, -0.25) is 19.4 Å². The third-order valence-corrected chi connectivity index (χ3v) is 6.60. The van der Waals surface area contributed by atoms with Crippen molar-refractivity contribution in [3.05, 3.63) is 22.3 Å². The van der Waals surface area contributed by atoms with Gasteiger partial charge < -0.3 is 10.1 Å². The zero-order valence-corrected chi connectivity index (χ0v) is 18.2. The van der Waals surface area contributed by atoms with Gasteiger partial charge in [-0.15, -0.1) is 11.3 Å². The van der Waals surface area contributed by atoms with Crippen LogP contribution in [0.1, 0.15) is 26.7 Å². The van der Waals surface area contributed by atoms with E-state index >= 15 is 0 Å². The number of ether oxygens (including phenoxy) is 1. The van der Waals surface area contributed by atoms with Crippen molar-refractivity contribution < 1.29 is 9.53 Å². The molecule has 28 heavy (non-hydrogen) atoms. The maximum atomic E-state index is 12.7. The van der Waals surface area contributed by atoms with Gasteiger partial charge in [0.05, 0.1) is 18.1 Å². The second-order valence-electron chi connectivity index (χ2n) is 7.01. The Kier molecular flexibility index (Phi) is 7.78. The van der Waals surface area contributed by atoms with Gasteiger partial charge in [0.15, 0.2) is 10.6 Å². The van der Waals surface area contributed by atoms with Crippen molar-refractivity contribution in [2.24, 2.45) is 5.92 Å². The van der Waals surface area contributed by atoms with E-state index < -0.39 is 0 Å². The number of thiophene rings is 1. The van der Waals surface area contributed by atoms with Crippen molar-refractivity contribution in [3.8, 4) is 10.7 Å². The number of amides is 1. The van der Waals surface area contributed by atoms with Crippen LogP contribution in [0.3, 0.4) is 0 Å². The lowest BCUT2D eigenvalue weighted by molar-refractivity contribution is -0.122. The van der Waals surface area contributed by atoms with Gasteiger partial charge in [-0.2, -0.15) is 5.10 Å². The zero-order valence-electron chi connectivity index (χ0n) is 16.5. The number of morpholine rings is 1. The summed E-state index contributed by atoms with van der Waals surface area (Å²) in [7, 11) is 0. The quantitative estimate of drug-likeness (QED) is 0.607. The molecule has 1 amide bonds. The van der Waals surface area contributed by atoms with Gasteiger partial charge >= 0.3 is 0 Å². The molecule has 154 valence electrons. The number of aromatic amines is 1. The van der Waals surface area contributed by atoms with E-state index in [1.807, 2.05) is 17.5 Å². The monoisotopic (exact) mass is 423 g/mol. The molecule has 1 atom stereocenters. The molecule has 0 bridgehead atoms. The number of H-pyrrole nitrogens is 1. The van der Waals surface area contributed by atoms with Crippen LogP contribution in [0.15, 0.2) is 17.5 Å². The number of hydrogen-bond acceptors (Lipinski definition) is 6. The molecule has 0 spiro atoms. The highest BCUT2D eigenvalue weighted by atomic mass is 32.1. The van der Waals surface area contributed by atoms with Crippen molar-refractivity contribution in [1.82, 2.24) is 25.0 Å². The number of carbonyl (C=O) groups is 1. The Hall–Kier alpha value is -1.55. The molecular formula is C19H29N5O2S2. The van der Waals surface area contributed by atoms with Gasteiger partial charge in [-0.25, -0.2) is 0 Å². The van der Waals surface area contributed by atoms with E-state index in [4.69, 9.17) is 17.0 Å². The molecule has 3 rings (SSSR count). The number of nitrogens with zero attached hydrogens (tertiary/aromatic N) is 3. The molecule has 1 fully saturated rings. The molecule has 0 radical (unpaired) electrons. The van der Waals surface area contributed by atoms with Crippen LogP contribution in [-0.2, 0) is 16.1 Å². The van der Waals surface area contributed by atoms with Crippen molar-refractivity contribution in [2.75, 3.05) is 32.8 Å². The molecule has 2 aromatic rings. The largest absolute Gasteiger partial charge is 0.379 e. The van der Waals surface area contributed by atoms with E-state index in [1.54, 1.807) is 15.9 Å². The maximum Gasteiger partial charge on any atom is 0.240 e. The van der Waals surface area contributed by atoms with Crippen LogP contribution < -0.4 is 5.32 Å². The van der Waals surface area contributed by atoms with Crippen molar-refractivity contribution in [1.29, 1.82) is 0 Å². The summed E-state index contributed by atoms with van der Waals surface area (Å²) in [5, 5.41) is 12.2. The third-order valence-electron chi connectivity index (χ3n) is 5.42. The van der Waals surface area contributed by atoms with Crippen LogP contribution in [0.2, 0.25) is 0 Å². The van der Waals surface area contributed by atoms with Crippen LogP contribution >= 0.6 is 23.6 Å². The van der Waals surface area contributed by atoms with Crippen LogP contribution in [0.25, 0.3) is 10.7 Å². The van der Waals surface area contributed by atoms with E-state index in [9.17, 15) is 4.79 Å². The van der Waals surface area contributed by atoms with Crippen LogP contribution in [0, 0.1) is 10.7 Å². The highest BCUT2D eigenvalue weighted by Gasteiger charge is 2.27. The predicted octanol–water partition coefficient (Wildman–Crippen LogP) is 2.92. The fourth-order valence-electron chi connectivity index (χ4n) is 3.81. The Morgan fingerprint density at radius 1 is 1.39 bits per heavy atom. The van der Waals surface area contributed by atoms with Crippen LogP contribution in [-0.4, -0.2) is 64.5 Å². The minimum Gasteiger partial charge on any atom is -0.379 e. The molecule has 1 aliphatic rings. The van der Waals surface area contributed by atoms with Gasteiger partial charge in [0.1, 0.15) is 6.54 Å². The highest BCUT2D eigenvalue weighted by molar-refractivity contribution is 7.71. The molecule has 1 unspecified atom stereocenters. The van der Waals surface area contributed by atoms with Crippen LogP contribution in [0.4, 0.5) is 0 Å². The van der Waals surface area contributed by atoms with Gasteiger partial charge in [0, 0.05) is 25.7 Å². The highest BCUT2D eigenvalue weighted by Crippen LogP contribution is 2.23. The van der Waals surface area contributed by atoms with Crippen molar-refractivity contribution >= 4 is 29.5 Å². The van der Waals surface area contributed by atoms with Crippen molar-refractivity contribution in [2.45, 2.75) is 39.3 Å². The van der Waals surface area contributed by atoms with Gasteiger partial charge in [0.2, 0.25) is 5.91 Å². The van der Waals surface area contributed by atoms with E-state index in [2.05, 4.69) is 34.3 Å². The Labute approximate surface area is 175 Å². The standard InChI is InChI=1S/C19H29N5O2S2/c1-3-14(4-2)15(23-7-9-26-10-8-23)12-20-17(25)13-24-18(21-22-19(24)27)16-6-5-11-28-16/h5-6,11,14-15H,3-4,7-10,12-13H2,1-2H3,(H,20,25)(H,22,27). The summed E-state index contributed by atoms with van der Waals surface area (Å²) >= 11 is 6.91. The first-order chi connectivity index (χ1) is 13.6. The first-order valence-electron chi connectivity index (χ1n) is 9.91. The molecule has 1 saturated heterocycles. The third kappa shape index (κ3) is 5.08. The van der Waals surface area contributed by atoms with E-state index in [1.165, 1.54) is 0 Å². The molecule has 1 aliphatic heterocycles. The van der Waals surface area contributed by atoms with Gasteiger partial charge in [-0.05, 0) is 29.6 Å². The zero-order chi connectivity index (χ0) is 19.9. The van der Waals surface area contributed by atoms with Crippen LogP contribution in [0.5, 0.6) is 0 Å². The lowest BCUT2D eigenvalue weighted by Gasteiger charge is -2.38. The minimum atomic E-state index is -0.0421. The maximum absolute atomic E-state index is 12.7. The molecule has 7 nitrogen and oxygen atoms in total. The lowest BCUT2D eigenvalue weighted by atomic mass is 9.92. The molecular weight excluding hydrogens is 394 g/mol. The fraction of sp³-hybridized carbons (Fsp3) is 0.632. The summed E-state index contributed by atoms with van der Waals surface area (Å²) in [5.74, 6) is 1.22. The molecule has 2 aromatic heterocycles. The average molecular weight is 424 g/mol. The summed E-state index contributed by atoms with van der Waals surface area (Å²) in [5.41, 5.74) is 0. The molecule has 0 saturated carbocycles. The Balaban J connectivity index is 1.65. The summed E-state index contributed by atoms with van der Waals surface area (Å²) in [4.78, 5) is 16.2. The molecule has 9 heteroatoms. The SMILES string of the molecule is CCC(CC)C(CNC(=O)Cn1c(-c2cccs2)n[nH]c1=S)N1CCOCC1. The summed E-state index contributed by atoms with van der Waals surface area (Å²) < 4.78 is 7.72.